The molecule has 0 saturated carbocycles. The van der Waals surface area contributed by atoms with Gasteiger partial charge in [-0.2, -0.15) is 13.9 Å². The van der Waals surface area contributed by atoms with E-state index in [2.05, 4.69) is 15.1 Å². The van der Waals surface area contributed by atoms with Crippen molar-refractivity contribution in [2.45, 2.75) is 5.92 Å². The fourth-order valence-electron chi connectivity index (χ4n) is 2.66. The molecule has 0 saturated heterocycles. The fraction of sp³-hybridized carbons (Fsp3) is 0.0526. The maximum atomic E-state index is 13.7. The highest BCUT2D eigenvalue weighted by atomic mass is 19.3. The van der Waals surface area contributed by atoms with Gasteiger partial charge in [0.25, 0.3) is 0 Å². The molecular formula is C19H12F2N4O2. The lowest BCUT2D eigenvalue weighted by Gasteiger charge is -2.12. The van der Waals surface area contributed by atoms with E-state index in [9.17, 15) is 13.6 Å². The van der Waals surface area contributed by atoms with Gasteiger partial charge >= 0.3 is 11.9 Å². The molecule has 0 fully saturated rings. The van der Waals surface area contributed by atoms with E-state index in [-0.39, 0.29) is 0 Å². The number of rotatable bonds is 4. The molecule has 0 aliphatic heterocycles. The molecule has 0 aliphatic rings. The minimum Gasteiger partial charge on any atom is -0.477 e. The summed E-state index contributed by atoms with van der Waals surface area (Å²) in [5.74, 6) is -6.18. The van der Waals surface area contributed by atoms with Crippen LogP contribution in [0.1, 0.15) is 5.56 Å². The summed E-state index contributed by atoms with van der Waals surface area (Å²) in [6.07, 6.45) is 4.77. The van der Waals surface area contributed by atoms with Crippen molar-refractivity contribution >= 4 is 17.0 Å². The van der Waals surface area contributed by atoms with Gasteiger partial charge in [0.15, 0.2) is 0 Å². The van der Waals surface area contributed by atoms with Crippen LogP contribution < -0.4 is 0 Å². The second kappa shape index (κ2) is 6.24. The number of benzene rings is 2. The Balaban J connectivity index is 1.71. The van der Waals surface area contributed by atoms with Crippen molar-refractivity contribution < 1.29 is 18.7 Å². The number of hydrogen-bond donors (Lipinski definition) is 1. The van der Waals surface area contributed by atoms with Gasteiger partial charge in [0, 0.05) is 17.3 Å². The molecule has 0 unspecified atom stereocenters. The lowest BCUT2D eigenvalue weighted by molar-refractivity contribution is -0.166. The first-order valence-electron chi connectivity index (χ1n) is 7.94. The third-order valence-corrected chi connectivity index (χ3v) is 4.07. The zero-order valence-electron chi connectivity index (χ0n) is 13.8. The quantitative estimate of drug-likeness (QED) is 0.596. The van der Waals surface area contributed by atoms with E-state index >= 15 is 0 Å². The van der Waals surface area contributed by atoms with Crippen LogP contribution in [0.25, 0.3) is 28.0 Å². The van der Waals surface area contributed by atoms with Gasteiger partial charge in [-0.3, -0.25) is 4.98 Å². The molecule has 0 aliphatic carbocycles. The Labute approximate surface area is 151 Å². The Morgan fingerprint density at radius 3 is 2.59 bits per heavy atom. The molecule has 4 rings (SSSR count). The zero-order valence-corrected chi connectivity index (χ0v) is 13.8. The topological polar surface area (TPSA) is 80.9 Å². The van der Waals surface area contributed by atoms with Gasteiger partial charge in [-0.25, -0.2) is 14.5 Å². The Morgan fingerprint density at radius 2 is 1.81 bits per heavy atom. The van der Waals surface area contributed by atoms with Gasteiger partial charge in [-0.05, 0) is 24.3 Å². The number of carboxylic acid groups (broad SMARTS) is 1. The lowest BCUT2D eigenvalue weighted by atomic mass is 10.1. The second-order valence-electron chi connectivity index (χ2n) is 5.85. The van der Waals surface area contributed by atoms with Gasteiger partial charge < -0.3 is 5.11 Å². The van der Waals surface area contributed by atoms with E-state index in [1.165, 1.54) is 10.7 Å². The Morgan fingerprint density at radius 1 is 1.04 bits per heavy atom. The van der Waals surface area contributed by atoms with Crippen molar-refractivity contribution in [3.8, 4) is 16.9 Å². The SMILES string of the molecule is O=C(O)C(F)(F)c1cccc(-n2cc(-c3cnc4ccccc4n3)cn2)c1. The summed E-state index contributed by atoms with van der Waals surface area (Å²) >= 11 is 0. The molecule has 2 heterocycles. The number of halogens is 2. The Kier molecular flexibility index (Phi) is 3.88. The molecule has 0 radical (unpaired) electrons. The molecular weight excluding hydrogens is 354 g/mol. The average molecular weight is 366 g/mol. The molecule has 2 aromatic carbocycles. The molecule has 8 heteroatoms. The molecule has 0 amide bonds. The summed E-state index contributed by atoms with van der Waals surface area (Å²) < 4.78 is 28.9. The van der Waals surface area contributed by atoms with Crippen LogP contribution in [0.4, 0.5) is 8.78 Å². The number of aliphatic carboxylic acids is 1. The molecule has 6 nitrogen and oxygen atoms in total. The summed E-state index contributed by atoms with van der Waals surface area (Å²) in [6.45, 7) is 0. The van der Waals surface area contributed by atoms with Crippen molar-refractivity contribution in [2.75, 3.05) is 0 Å². The number of fused-ring (bicyclic) bond motifs is 1. The van der Waals surface area contributed by atoms with Crippen LogP contribution in [-0.4, -0.2) is 30.8 Å². The first-order chi connectivity index (χ1) is 12.9. The first-order valence-corrected chi connectivity index (χ1v) is 7.94. The fourth-order valence-corrected chi connectivity index (χ4v) is 2.66. The van der Waals surface area contributed by atoms with Crippen LogP contribution in [0.5, 0.6) is 0 Å². The third-order valence-electron chi connectivity index (χ3n) is 4.07. The van der Waals surface area contributed by atoms with E-state index in [1.807, 2.05) is 24.3 Å². The van der Waals surface area contributed by atoms with Crippen LogP contribution >= 0.6 is 0 Å². The predicted molar refractivity (Wildman–Crippen MR) is 93.6 cm³/mol. The summed E-state index contributed by atoms with van der Waals surface area (Å²) in [5, 5.41) is 12.9. The van der Waals surface area contributed by atoms with Crippen LogP contribution in [0, 0.1) is 0 Å². The van der Waals surface area contributed by atoms with E-state index in [0.29, 0.717) is 16.9 Å². The van der Waals surface area contributed by atoms with Crippen LogP contribution in [0.3, 0.4) is 0 Å². The number of nitrogens with zero attached hydrogens (tertiary/aromatic N) is 4. The van der Waals surface area contributed by atoms with E-state index in [0.717, 1.165) is 23.2 Å². The number of aromatic nitrogens is 4. The van der Waals surface area contributed by atoms with Crippen molar-refractivity contribution in [1.82, 2.24) is 19.7 Å². The van der Waals surface area contributed by atoms with Crippen molar-refractivity contribution in [2.24, 2.45) is 0 Å². The zero-order chi connectivity index (χ0) is 19.0. The third kappa shape index (κ3) is 3.01. The number of carboxylic acids is 1. The number of alkyl halides is 2. The maximum Gasteiger partial charge on any atom is 0.379 e. The lowest BCUT2D eigenvalue weighted by Crippen LogP contribution is -2.25. The van der Waals surface area contributed by atoms with Crippen molar-refractivity contribution in [3.05, 3.63) is 72.7 Å². The monoisotopic (exact) mass is 366 g/mol. The normalized spacial score (nSPS) is 11.6. The molecule has 1 N–H and O–H groups in total. The Hall–Kier alpha value is -3.68. The van der Waals surface area contributed by atoms with Crippen LogP contribution in [-0.2, 0) is 10.7 Å². The number of para-hydroxylation sites is 2. The summed E-state index contributed by atoms with van der Waals surface area (Å²) in [6, 6.07) is 12.5. The van der Waals surface area contributed by atoms with E-state index < -0.39 is 17.5 Å². The highest BCUT2D eigenvalue weighted by Crippen LogP contribution is 2.29. The standard InChI is InChI=1S/C19H12F2N4O2/c20-19(21,18(26)27)13-4-3-5-14(8-13)25-11-12(9-23-25)17-10-22-15-6-1-2-7-16(15)24-17/h1-11H,(H,26,27). The average Bonchev–Trinajstić information content (AvgIpc) is 3.18. The van der Waals surface area contributed by atoms with Gasteiger partial charge in [-0.15, -0.1) is 0 Å². The second-order valence-corrected chi connectivity index (χ2v) is 5.85. The van der Waals surface area contributed by atoms with Crippen LogP contribution in [0.2, 0.25) is 0 Å². The molecule has 2 aromatic heterocycles. The molecule has 134 valence electrons. The van der Waals surface area contributed by atoms with Crippen LogP contribution in [0.15, 0.2) is 67.1 Å². The van der Waals surface area contributed by atoms with Gasteiger partial charge in [-0.1, -0.05) is 24.3 Å². The number of hydrogen-bond acceptors (Lipinski definition) is 4. The first kappa shape index (κ1) is 16.8. The van der Waals surface area contributed by atoms with Crippen molar-refractivity contribution in [3.63, 3.8) is 0 Å². The molecule has 0 bridgehead atoms. The molecule has 0 spiro atoms. The van der Waals surface area contributed by atoms with E-state index in [1.54, 1.807) is 24.7 Å². The van der Waals surface area contributed by atoms with Gasteiger partial charge in [0.05, 0.1) is 34.8 Å². The molecule has 4 aromatic rings. The summed E-state index contributed by atoms with van der Waals surface area (Å²) in [4.78, 5) is 19.6. The smallest absolute Gasteiger partial charge is 0.379 e. The highest BCUT2D eigenvalue weighted by Gasteiger charge is 2.41. The summed E-state index contributed by atoms with van der Waals surface area (Å²) in [7, 11) is 0. The maximum absolute atomic E-state index is 13.7. The minimum absolute atomic E-state index is 0.313. The minimum atomic E-state index is -3.98. The van der Waals surface area contributed by atoms with Gasteiger partial charge in [0.1, 0.15) is 0 Å². The van der Waals surface area contributed by atoms with E-state index in [4.69, 9.17) is 5.11 Å². The van der Waals surface area contributed by atoms with Gasteiger partial charge in [0.2, 0.25) is 0 Å². The predicted octanol–water partition coefficient (Wildman–Crippen LogP) is 3.66. The molecule has 27 heavy (non-hydrogen) atoms. The molecule has 0 atom stereocenters. The number of carbonyl (C=O) groups is 1. The summed E-state index contributed by atoms with van der Waals surface area (Å²) in [5.41, 5.74) is 2.43. The van der Waals surface area contributed by atoms with Crippen molar-refractivity contribution in [1.29, 1.82) is 0 Å². The Bertz CT molecular complexity index is 1160. The largest absolute Gasteiger partial charge is 0.477 e. The highest BCUT2D eigenvalue weighted by molar-refractivity contribution is 5.78.